The van der Waals surface area contributed by atoms with Gasteiger partial charge in [0, 0.05) is 13.6 Å². The SMILES string of the molecule is CCNC(=O)c1ncnn1C. The first kappa shape index (κ1) is 7.71. The van der Waals surface area contributed by atoms with E-state index in [1.54, 1.807) is 7.05 Å². The lowest BCUT2D eigenvalue weighted by Crippen LogP contribution is -2.25. The van der Waals surface area contributed by atoms with Crippen molar-refractivity contribution in [3.8, 4) is 0 Å². The summed E-state index contributed by atoms with van der Waals surface area (Å²) in [5.74, 6) is 0.152. The number of rotatable bonds is 2. The Morgan fingerprint density at radius 3 is 3.00 bits per heavy atom. The number of nitrogens with one attached hydrogen (secondary N) is 1. The largest absolute Gasteiger partial charge is 0.350 e. The average Bonchev–Trinajstić information content (AvgIpc) is 2.36. The zero-order valence-electron chi connectivity index (χ0n) is 6.53. The van der Waals surface area contributed by atoms with Crippen LogP contribution in [0.25, 0.3) is 0 Å². The molecule has 0 aliphatic heterocycles. The van der Waals surface area contributed by atoms with Crippen LogP contribution in [0.1, 0.15) is 17.5 Å². The molecule has 60 valence electrons. The van der Waals surface area contributed by atoms with Gasteiger partial charge in [-0.25, -0.2) is 9.67 Å². The third kappa shape index (κ3) is 1.54. The molecule has 0 aromatic carbocycles. The van der Waals surface area contributed by atoms with Gasteiger partial charge in [0.05, 0.1) is 0 Å². The molecule has 0 radical (unpaired) electrons. The van der Waals surface area contributed by atoms with Crippen molar-refractivity contribution in [3.05, 3.63) is 12.2 Å². The Labute approximate surface area is 64.4 Å². The van der Waals surface area contributed by atoms with Gasteiger partial charge in [0.15, 0.2) is 0 Å². The van der Waals surface area contributed by atoms with E-state index in [0.717, 1.165) is 0 Å². The standard InChI is InChI=1S/C6H10N4O/c1-3-7-6(11)5-8-4-9-10(5)2/h4H,3H2,1-2H3,(H,7,11). The van der Waals surface area contributed by atoms with E-state index in [4.69, 9.17) is 0 Å². The minimum atomic E-state index is -0.187. The number of hydrogen-bond donors (Lipinski definition) is 1. The minimum Gasteiger partial charge on any atom is -0.350 e. The van der Waals surface area contributed by atoms with Crippen LogP contribution < -0.4 is 5.32 Å². The zero-order chi connectivity index (χ0) is 8.27. The van der Waals surface area contributed by atoms with Gasteiger partial charge in [0.2, 0.25) is 5.82 Å². The number of carbonyl (C=O) groups is 1. The van der Waals surface area contributed by atoms with Crippen LogP contribution in [0.2, 0.25) is 0 Å². The number of amides is 1. The summed E-state index contributed by atoms with van der Waals surface area (Å²) in [5.41, 5.74) is 0. The van der Waals surface area contributed by atoms with Crippen molar-refractivity contribution in [3.63, 3.8) is 0 Å². The molecule has 0 aliphatic rings. The molecule has 0 atom stereocenters. The molecule has 1 heterocycles. The van der Waals surface area contributed by atoms with Crippen molar-refractivity contribution in [2.45, 2.75) is 6.92 Å². The molecule has 0 fully saturated rings. The summed E-state index contributed by atoms with van der Waals surface area (Å²) in [6, 6.07) is 0. The van der Waals surface area contributed by atoms with E-state index >= 15 is 0 Å². The fraction of sp³-hybridized carbons (Fsp3) is 0.500. The van der Waals surface area contributed by atoms with Gasteiger partial charge in [-0.1, -0.05) is 0 Å². The summed E-state index contributed by atoms with van der Waals surface area (Å²) in [6.07, 6.45) is 1.35. The van der Waals surface area contributed by atoms with Crippen LogP contribution in [0.3, 0.4) is 0 Å². The van der Waals surface area contributed by atoms with Crippen molar-refractivity contribution in [2.75, 3.05) is 6.54 Å². The highest BCUT2D eigenvalue weighted by Gasteiger charge is 2.08. The highest BCUT2D eigenvalue weighted by molar-refractivity contribution is 5.90. The van der Waals surface area contributed by atoms with Crippen LogP contribution in [-0.4, -0.2) is 27.2 Å². The van der Waals surface area contributed by atoms with E-state index in [-0.39, 0.29) is 5.91 Å². The predicted molar refractivity (Wildman–Crippen MR) is 39.0 cm³/mol. The predicted octanol–water partition coefficient (Wildman–Crippen LogP) is -0.435. The Morgan fingerprint density at radius 2 is 2.55 bits per heavy atom. The van der Waals surface area contributed by atoms with Crippen molar-refractivity contribution >= 4 is 5.91 Å². The van der Waals surface area contributed by atoms with E-state index in [9.17, 15) is 4.79 Å². The third-order valence-electron chi connectivity index (χ3n) is 1.25. The van der Waals surface area contributed by atoms with Gasteiger partial charge in [-0.05, 0) is 6.92 Å². The summed E-state index contributed by atoms with van der Waals surface area (Å²) < 4.78 is 1.44. The van der Waals surface area contributed by atoms with Crippen molar-refractivity contribution in [1.82, 2.24) is 20.1 Å². The second-order valence-corrected chi connectivity index (χ2v) is 2.07. The fourth-order valence-electron chi connectivity index (χ4n) is 0.741. The molecule has 1 aromatic heterocycles. The molecule has 5 heteroatoms. The van der Waals surface area contributed by atoms with Crippen molar-refractivity contribution in [1.29, 1.82) is 0 Å². The van der Waals surface area contributed by atoms with Crippen LogP contribution in [0.4, 0.5) is 0 Å². The lowest BCUT2D eigenvalue weighted by Gasteiger charge is -1.98. The molecule has 1 N–H and O–H groups in total. The molecule has 0 spiro atoms. The van der Waals surface area contributed by atoms with Crippen molar-refractivity contribution in [2.24, 2.45) is 7.05 Å². The van der Waals surface area contributed by atoms with Crippen LogP contribution in [0.15, 0.2) is 6.33 Å². The third-order valence-corrected chi connectivity index (χ3v) is 1.25. The maximum Gasteiger partial charge on any atom is 0.288 e. The Morgan fingerprint density at radius 1 is 1.82 bits per heavy atom. The second kappa shape index (κ2) is 3.14. The Balaban J connectivity index is 2.76. The topological polar surface area (TPSA) is 59.8 Å². The number of nitrogens with zero attached hydrogens (tertiary/aromatic N) is 3. The van der Waals surface area contributed by atoms with E-state index in [2.05, 4.69) is 15.4 Å². The van der Waals surface area contributed by atoms with Gasteiger partial charge in [0.25, 0.3) is 5.91 Å². The zero-order valence-corrected chi connectivity index (χ0v) is 6.53. The van der Waals surface area contributed by atoms with E-state index < -0.39 is 0 Å². The molecule has 1 amide bonds. The molecule has 11 heavy (non-hydrogen) atoms. The molecule has 0 saturated carbocycles. The average molecular weight is 154 g/mol. The molecule has 5 nitrogen and oxygen atoms in total. The Bertz CT molecular complexity index is 255. The normalized spacial score (nSPS) is 9.64. The highest BCUT2D eigenvalue weighted by atomic mass is 16.2. The van der Waals surface area contributed by atoms with Gasteiger partial charge in [0.1, 0.15) is 6.33 Å². The summed E-state index contributed by atoms with van der Waals surface area (Å²) >= 11 is 0. The monoisotopic (exact) mass is 154 g/mol. The molecular formula is C6H10N4O. The van der Waals surface area contributed by atoms with Gasteiger partial charge in [-0.3, -0.25) is 4.79 Å². The van der Waals surface area contributed by atoms with Crippen LogP contribution in [0, 0.1) is 0 Å². The lowest BCUT2D eigenvalue weighted by molar-refractivity contribution is 0.0941. The first-order valence-electron chi connectivity index (χ1n) is 3.38. The highest BCUT2D eigenvalue weighted by Crippen LogP contribution is 1.88. The lowest BCUT2D eigenvalue weighted by atomic mass is 10.5. The second-order valence-electron chi connectivity index (χ2n) is 2.07. The first-order valence-corrected chi connectivity index (χ1v) is 3.38. The van der Waals surface area contributed by atoms with E-state index in [0.29, 0.717) is 12.4 Å². The fourth-order valence-corrected chi connectivity index (χ4v) is 0.741. The molecule has 0 unspecified atom stereocenters. The Kier molecular flexibility index (Phi) is 2.20. The number of aromatic nitrogens is 3. The molecule has 0 aliphatic carbocycles. The van der Waals surface area contributed by atoms with Crippen LogP contribution >= 0.6 is 0 Å². The van der Waals surface area contributed by atoms with Gasteiger partial charge < -0.3 is 5.32 Å². The Hall–Kier alpha value is -1.39. The maximum absolute atomic E-state index is 11.1. The summed E-state index contributed by atoms with van der Waals surface area (Å²) in [4.78, 5) is 14.9. The maximum atomic E-state index is 11.1. The van der Waals surface area contributed by atoms with E-state index in [1.807, 2.05) is 6.92 Å². The van der Waals surface area contributed by atoms with Gasteiger partial charge >= 0.3 is 0 Å². The van der Waals surface area contributed by atoms with Crippen molar-refractivity contribution < 1.29 is 4.79 Å². The van der Waals surface area contributed by atoms with Crippen LogP contribution in [0.5, 0.6) is 0 Å². The van der Waals surface area contributed by atoms with Gasteiger partial charge in [-0.2, -0.15) is 5.10 Å². The number of aryl methyl sites for hydroxylation is 1. The smallest absolute Gasteiger partial charge is 0.288 e. The first-order chi connectivity index (χ1) is 5.25. The summed E-state index contributed by atoms with van der Waals surface area (Å²) in [6.45, 7) is 2.46. The van der Waals surface area contributed by atoms with E-state index in [1.165, 1.54) is 11.0 Å². The molecular weight excluding hydrogens is 144 g/mol. The van der Waals surface area contributed by atoms with Gasteiger partial charge in [-0.15, -0.1) is 0 Å². The molecule has 1 rings (SSSR count). The minimum absolute atomic E-state index is 0.187. The molecule has 1 aromatic rings. The molecule has 0 saturated heterocycles. The van der Waals surface area contributed by atoms with Crippen LogP contribution in [-0.2, 0) is 7.05 Å². The summed E-state index contributed by atoms with van der Waals surface area (Å²) in [5, 5.41) is 6.39. The summed E-state index contributed by atoms with van der Waals surface area (Å²) in [7, 11) is 1.68. The molecule has 0 bridgehead atoms. The number of carbonyl (C=O) groups excluding carboxylic acids is 1. The number of hydrogen-bond acceptors (Lipinski definition) is 3. The quantitative estimate of drug-likeness (QED) is 0.628.